The van der Waals surface area contributed by atoms with Crippen LogP contribution in [0, 0.1) is 17.3 Å². The quantitative estimate of drug-likeness (QED) is 0.273. The van der Waals surface area contributed by atoms with Gasteiger partial charge in [-0.2, -0.15) is 0 Å². The molecular weight excluding hydrogens is 506 g/mol. The van der Waals surface area contributed by atoms with E-state index in [0.29, 0.717) is 35.8 Å². The minimum absolute atomic E-state index is 0.00341. The molecule has 5 rings (SSSR count). The highest BCUT2D eigenvalue weighted by atomic mass is 16.3. The van der Waals surface area contributed by atoms with Gasteiger partial charge in [0.25, 0.3) is 0 Å². The van der Waals surface area contributed by atoms with Gasteiger partial charge in [0.1, 0.15) is 5.75 Å². The third kappa shape index (κ3) is 6.38. The van der Waals surface area contributed by atoms with Crippen molar-refractivity contribution < 1.29 is 15.0 Å². The van der Waals surface area contributed by atoms with Crippen LogP contribution in [0.1, 0.15) is 125 Å². The lowest BCUT2D eigenvalue weighted by atomic mass is 9.51. The van der Waals surface area contributed by atoms with Crippen molar-refractivity contribution in [2.24, 2.45) is 17.3 Å². The Labute approximate surface area is 248 Å². The van der Waals surface area contributed by atoms with Gasteiger partial charge in [-0.05, 0) is 129 Å². The van der Waals surface area contributed by atoms with Crippen LogP contribution in [0.3, 0.4) is 0 Å². The molecule has 41 heavy (non-hydrogen) atoms. The normalized spacial score (nSPS) is 28.7. The third-order valence-electron chi connectivity index (χ3n) is 11.3. The van der Waals surface area contributed by atoms with Crippen LogP contribution in [-0.2, 0) is 17.6 Å². The first-order chi connectivity index (χ1) is 19.7. The predicted octanol–water partition coefficient (Wildman–Crippen LogP) is 8.14. The molecule has 0 radical (unpaired) electrons. The molecule has 0 bridgehead atoms. The number of hydrogen-bond acceptors (Lipinski definition) is 3. The molecule has 0 aliphatic heterocycles. The predicted molar refractivity (Wildman–Crippen MR) is 167 cm³/mol. The fraction of sp³-hybridized carbons (Fsp3) is 0.649. The zero-order valence-corrected chi connectivity index (χ0v) is 25.9. The minimum Gasteiger partial charge on any atom is -0.508 e. The number of carbonyl (C=O) groups is 1. The fourth-order valence-corrected chi connectivity index (χ4v) is 8.70. The molecule has 0 unspecified atom stereocenters. The van der Waals surface area contributed by atoms with Crippen molar-refractivity contribution in [3.63, 3.8) is 0 Å². The van der Waals surface area contributed by atoms with Gasteiger partial charge >= 0.3 is 0 Å². The van der Waals surface area contributed by atoms with Crippen LogP contribution in [0.5, 0.6) is 5.75 Å². The monoisotopic (exact) mass is 559 g/mol. The Morgan fingerprint density at radius 2 is 1.68 bits per heavy atom. The maximum atomic E-state index is 12.1. The molecule has 2 N–H and O–H groups in total. The highest BCUT2D eigenvalue weighted by Gasteiger charge is 2.57. The Bertz CT molecular complexity index is 1170. The molecule has 0 spiro atoms. The van der Waals surface area contributed by atoms with Crippen LogP contribution in [0.25, 0.3) is 0 Å². The molecule has 2 aromatic carbocycles. The summed E-state index contributed by atoms with van der Waals surface area (Å²) in [4.78, 5) is 14.0. The van der Waals surface area contributed by atoms with E-state index in [1.165, 1.54) is 47.9 Å². The average molecular weight is 560 g/mol. The largest absolute Gasteiger partial charge is 0.508 e. The molecule has 1 amide bonds. The zero-order chi connectivity index (χ0) is 29.1. The van der Waals surface area contributed by atoms with E-state index in [-0.39, 0.29) is 23.5 Å². The van der Waals surface area contributed by atoms with Gasteiger partial charge in [-0.1, -0.05) is 62.9 Å². The second-order valence-electron chi connectivity index (χ2n) is 14.1. The Hall–Kier alpha value is -2.33. The number of hydrogen-bond donors (Lipinski definition) is 2. The second-order valence-corrected chi connectivity index (χ2v) is 14.1. The summed E-state index contributed by atoms with van der Waals surface area (Å²) >= 11 is 0. The van der Waals surface area contributed by atoms with Gasteiger partial charge in [-0.3, -0.25) is 4.79 Å². The molecule has 2 fully saturated rings. The number of aromatic hydroxyl groups is 1. The molecule has 3 aliphatic carbocycles. The summed E-state index contributed by atoms with van der Waals surface area (Å²) in [6.07, 6.45) is 14.0. The molecule has 2 saturated carbocycles. The Balaban J connectivity index is 1.17. The first-order valence-electron chi connectivity index (χ1n) is 16.5. The Kier molecular flexibility index (Phi) is 9.48. The number of phenolic OH excluding ortho intramolecular Hbond substituents is 1. The lowest BCUT2D eigenvalue weighted by molar-refractivity contribution is -0.131. The van der Waals surface area contributed by atoms with Gasteiger partial charge < -0.3 is 15.1 Å². The van der Waals surface area contributed by atoms with E-state index in [1.54, 1.807) is 0 Å². The van der Waals surface area contributed by atoms with Crippen molar-refractivity contribution in [2.45, 2.75) is 128 Å². The van der Waals surface area contributed by atoms with Crippen LogP contribution in [0.2, 0.25) is 0 Å². The van der Waals surface area contributed by atoms with Crippen molar-refractivity contribution in [3.8, 4) is 5.75 Å². The molecule has 0 heterocycles. The van der Waals surface area contributed by atoms with Crippen LogP contribution in [-0.4, -0.2) is 40.2 Å². The number of amides is 1. The number of phenols is 1. The van der Waals surface area contributed by atoms with E-state index < -0.39 is 0 Å². The number of aliphatic hydroxyl groups excluding tert-OH is 1. The molecule has 3 aliphatic rings. The van der Waals surface area contributed by atoms with Crippen molar-refractivity contribution in [1.29, 1.82) is 0 Å². The van der Waals surface area contributed by atoms with Crippen molar-refractivity contribution in [1.82, 2.24) is 4.90 Å². The molecule has 4 heteroatoms. The highest BCUT2D eigenvalue weighted by Crippen LogP contribution is 2.65. The van der Waals surface area contributed by atoms with Gasteiger partial charge in [0, 0.05) is 19.5 Å². The topological polar surface area (TPSA) is 60.8 Å². The summed E-state index contributed by atoms with van der Waals surface area (Å²) in [5.41, 5.74) is 5.59. The Morgan fingerprint density at radius 1 is 0.976 bits per heavy atom. The molecule has 224 valence electrons. The van der Waals surface area contributed by atoms with Gasteiger partial charge in [-0.25, -0.2) is 0 Å². The molecule has 0 aromatic heterocycles. The minimum atomic E-state index is -0.196. The molecule has 4 nitrogen and oxygen atoms in total. The van der Waals surface area contributed by atoms with Crippen LogP contribution in [0.15, 0.2) is 42.5 Å². The van der Waals surface area contributed by atoms with Crippen molar-refractivity contribution >= 4 is 5.91 Å². The maximum Gasteiger partial charge on any atom is 0.222 e. The zero-order valence-electron chi connectivity index (χ0n) is 25.9. The van der Waals surface area contributed by atoms with Crippen LogP contribution < -0.4 is 0 Å². The molecule has 6 atom stereocenters. The van der Waals surface area contributed by atoms with E-state index in [2.05, 4.69) is 51.1 Å². The van der Waals surface area contributed by atoms with Crippen LogP contribution in [0.4, 0.5) is 0 Å². The van der Waals surface area contributed by atoms with Gasteiger partial charge in [-0.15, -0.1) is 0 Å². The van der Waals surface area contributed by atoms with E-state index in [0.717, 1.165) is 51.4 Å². The molecular formula is C37H53NO3. The number of carbonyl (C=O) groups excluding carboxylic acids is 1. The summed E-state index contributed by atoms with van der Waals surface area (Å²) in [5, 5.41) is 21.3. The fourth-order valence-electron chi connectivity index (χ4n) is 8.70. The van der Waals surface area contributed by atoms with E-state index in [4.69, 9.17) is 0 Å². The lowest BCUT2D eigenvalue weighted by Gasteiger charge is -2.54. The number of aryl methyl sites for hydroxylation is 2. The molecule has 0 saturated heterocycles. The summed E-state index contributed by atoms with van der Waals surface area (Å²) in [6.45, 7) is 6.49. The number of nitrogens with zero attached hydrogens (tertiary/aromatic N) is 1. The van der Waals surface area contributed by atoms with E-state index in [9.17, 15) is 15.0 Å². The number of aliphatic hydroxyl groups is 1. The third-order valence-corrected chi connectivity index (χ3v) is 11.3. The van der Waals surface area contributed by atoms with E-state index >= 15 is 0 Å². The number of unbranched alkanes of at least 4 members (excludes halogenated alkanes) is 5. The number of rotatable bonds is 11. The first kappa shape index (κ1) is 30.1. The lowest BCUT2D eigenvalue weighted by Crippen LogP contribution is -2.47. The number of benzene rings is 2. The van der Waals surface area contributed by atoms with Crippen molar-refractivity contribution in [3.05, 3.63) is 64.7 Å². The first-order valence-corrected chi connectivity index (χ1v) is 16.5. The summed E-state index contributed by atoms with van der Waals surface area (Å²) < 4.78 is 0. The van der Waals surface area contributed by atoms with Gasteiger partial charge in [0.15, 0.2) is 0 Å². The van der Waals surface area contributed by atoms with E-state index in [1.807, 2.05) is 24.1 Å². The summed E-state index contributed by atoms with van der Waals surface area (Å²) in [6, 6.07) is 15.8. The second kappa shape index (κ2) is 12.9. The van der Waals surface area contributed by atoms with Gasteiger partial charge in [0.05, 0.1) is 6.10 Å². The smallest absolute Gasteiger partial charge is 0.222 e. The maximum absolute atomic E-state index is 12.1. The van der Waals surface area contributed by atoms with Gasteiger partial charge in [0.2, 0.25) is 5.91 Å². The van der Waals surface area contributed by atoms with Crippen molar-refractivity contribution in [2.75, 3.05) is 7.05 Å². The summed E-state index contributed by atoms with van der Waals surface area (Å²) in [5.74, 6) is 2.70. The average Bonchev–Trinajstić information content (AvgIpc) is 3.27. The van der Waals surface area contributed by atoms with Crippen LogP contribution >= 0.6 is 0 Å². The SMILES string of the molecule is CC(C)N(C)C(=O)CCCCCCCCc1ccc([C@H]2C[C@]3(C)[C@@H](O)CC[C@H]3[C@@H]3CCc4cc(O)ccc4[C@H]32)cc1. The highest BCUT2D eigenvalue weighted by molar-refractivity contribution is 5.76. The summed E-state index contributed by atoms with van der Waals surface area (Å²) in [7, 11) is 1.91. The molecule has 2 aromatic rings. The number of fused-ring (bicyclic) bond motifs is 5. The Morgan fingerprint density at radius 3 is 2.41 bits per heavy atom. The standard InChI is InChI=1S/C37H53NO3/c1-25(2)38(4)35(41)12-10-8-6-5-7-9-11-26-13-15-27(16-14-26)32-24-37(3)33(21-22-34(37)40)31-19-17-28-23-29(39)18-20-30(28)36(31)32/h13-16,18,20,23,25,31-34,36,39-40H,5-12,17,19,21-22,24H2,1-4H3/t31-,32+,33-,34-,36+,37-/m0/s1.